The minimum Gasteiger partial charge on any atom is -0.359 e. The van der Waals surface area contributed by atoms with Gasteiger partial charge in [0.25, 0.3) is 0 Å². The molecule has 2 aliphatic carbocycles. The molecule has 1 aromatic rings. The molecule has 2 saturated carbocycles. The van der Waals surface area contributed by atoms with Gasteiger partial charge in [0, 0.05) is 17.8 Å². The highest BCUT2D eigenvalue weighted by atomic mass is 16.5. The molecule has 0 aromatic heterocycles. The zero-order chi connectivity index (χ0) is 23.6. The van der Waals surface area contributed by atoms with Gasteiger partial charge in [0.15, 0.2) is 0 Å². The maximum absolute atomic E-state index is 13.8. The lowest BCUT2D eigenvalue weighted by Crippen LogP contribution is -2.57. The van der Waals surface area contributed by atoms with Crippen molar-refractivity contribution in [2.45, 2.75) is 82.2 Å². The SMILES string of the molecule is Cc1cccc(NC(=O)[C@H]2[C@H]3C=C[C@@]4(O3)[C@H]2C(=O)N(C2CC2)[C@@H]4C(=O)N[C@H]2CCCC[C@H]2C)c1. The first-order valence-electron chi connectivity index (χ1n) is 12.8. The molecule has 7 nitrogen and oxygen atoms in total. The molecule has 3 heterocycles. The minimum absolute atomic E-state index is 0.0588. The summed E-state index contributed by atoms with van der Waals surface area (Å²) in [6.07, 6.45) is 9.45. The Kier molecular flexibility index (Phi) is 5.10. The van der Waals surface area contributed by atoms with Gasteiger partial charge < -0.3 is 20.3 Å². The zero-order valence-corrected chi connectivity index (χ0v) is 19.8. The number of amides is 3. The monoisotopic (exact) mass is 463 g/mol. The van der Waals surface area contributed by atoms with Crippen LogP contribution >= 0.6 is 0 Å². The number of hydrogen-bond acceptors (Lipinski definition) is 4. The molecule has 3 aliphatic heterocycles. The van der Waals surface area contributed by atoms with Crippen LogP contribution in [0.4, 0.5) is 5.69 Å². The van der Waals surface area contributed by atoms with E-state index in [1.54, 1.807) is 4.90 Å². The number of hydrogen-bond donors (Lipinski definition) is 2. The zero-order valence-electron chi connectivity index (χ0n) is 19.8. The first-order valence-corrected chi connectivity index (χ1v) is 12.8. The Bertz CT molecular complexity index is 1070. The molecule has 2 bridgehead atoms. The molecule has 4 fully saturated rings. The Labute approximate surface area is 200 Å². The normalized spacial score (nSPS) is 38.2. The van der Waals surface area contributed by atoms with Crippen LogP contribution in [-0.2, 0) is 19.1 Å². The Morgan fingerprint density at radius 1 is 1.12 bits per heavy atom. The van der Waals surface area contributed by atoms with Crippen molar-refractivity contribution in [3.8, 4) is 0 Å². The average molecular weight is 464 g/mol. The van der Waals surface area contributed by atoms with Crippen molar-refractivity contribution in [1.82, 2.24) is 10.2 Å². The summed E-state index contributed by atoms with van der Waals surface area (Å²) in [5.41, 5.74) is 0.681. The Hall–Kier alpha value is -2.67. The van der Waals surface area contributed by atoms with Crippen LogP contribution in [0.3, 0.4) is 0 Å². The van der Waals surface area contributed by atoms with Crippen molar-refractivity contribution in [2.24, 2.45) is 17.8 Å². The third-order valence-corrected chi connectivity index (χ3v) is 8.53. The second-order valence-electron chi connectivity index (χ2n) is 10.9. The molecule has 1 spiro atoms. The number of carbonyl (C=O) groups excluding carboxylic acids is 3. The van der Waals surface area contributed by atoms with E-state index in [2.05, 4.69) is 17.6 Å². The van der Waals surface area contributed by atoms with Crippen LogP contribution in [0, 0.1) is 24.7 Å². The predicted octanol–water partition coefficient (Wildman–Crippen LogP) is 2.94. The summed E-state index contributed by atoms with van der Waals surface area (Å²) in [6, 6.07) is 7.08. The van der Waals surface area contributed by atoms with Crippen molar-refractivity contribution in [2.75, 3.05) is 5.32 Å². The van der Waals surface area contributed by atoms with Crippen LogP contribution in [0.25, 0.3) is 0 Å². The number of fused-ring (bicyclic) bond motifs is 1. The molecule has 7 heteroatoms. The molecule has 5 aliphatic rings. The summed E-state index contributed by atoms with van der Waals surface area (Å²) in [5.74, 6) is -1.38. The second kappa shape index (κ2) is 7.94. The summed E-state index contributed by atoms with van der Waals surface area (Å²) in [7, 11) is 0. The van der Waals surface area contributed by atoms with E-state index >= 15 is 0 Å². The molecular weight excluding hydrogens is 430 g/mol. The van der Waals surface area contributed by atoms with Gasteiger partial charge in [0.2, 0.25) is 17.7 Å². The first kappa shape index (κ1) is 21.8. The van der Waals surface area contributed by atoms with Gasteiger partial charge in [0.05, 0.1) is 17.9 Å². The maximum atomic E-state index is 13.8. The summed E-state index contributed by atoms with van der Waals surface area (Å²) in [6.45, 7) is 4.16. The van der Waals surface area contributed by atoms with Crippen LogP contribution in [-0.4, -0.2) is 52.5 Å². The fraction of sp³-hybridized carbons (Fsp3) is 0.593. The highest BCUT2D eigenvalue weighted by Gasteiger charge is 2.74. The standard InChI is InChI=1S/C27H33N3O4/c1-15-6-5-8-17(14-15)28-24(31)21-20-12-13-27(34-20)22(21)26(33)30(18-10-11-18)23(27)25(32)29-19-9-4-3-7-16(19)2/h5-6,8,12-14,16,18-23H,3-4,7,9-11H2,1-2H3,(H,28,31)(H,29,32)/t16-,19+,20-,21+,22-,23-,27-/m1/s1. The largest absolute Gasteiger partial charge is 0.359 e. The van der Waals surface area contributed by atoms with E-state index in [1.807, 2.05) is 43.3 Å². The Balaban J connectivity index is 1.29. The van der Waals surface area contributed by atoms with E-state index < -0.39 is 29.6 Å². The third kappa shape index (κ3) is 3.31. The number of nitrogens with one attached hydrogen (secondary N) is 2. The molecular formula is C27H33N3O4. The number of ether oxygens (including phenoxy) is 1. The lowest BCUT2D eigenvalue weighted by molar-refractivity contribution is -0.142. The molecule has 7 atom stereocenters. The van der Waals surface area contributed by atoms with Gasteiger partial charge in [-0.2, -0.15) is 0 Å². The summed E-state index contributed by atoms with van der Waals surface area (Å²) in [5, 5.41) is 6.27. The van der Waals surface area contributed by atoms with E-state index in [0.29, 0.717) is 11.6 Å². The van der Waals surface area contributed by atoms with Crippen molar-refractivity contribution in [3.05, 3.63) is 42.0 Å². The molecule has 2 saturated heterocycles. The van der Waals surface area contributed by atoms with Gasteiger partial charge in [-0.05, 0) is 56.2 Å². The van der Waals surface area contributed by atoms with Crippen LogP contribution in [0.2, 0.25) is 0 Å². The van der Waals surface area contributed by atoms with E-state index in [1.165, 1.54) is 6.42 Å². The fourth-order valence-corrected chi connectivity index (χ4v) is 6.69. The van der Waals surface area contributed by atoms with Crippen molar-refractivity contribution in [3.63, 3.8) is 0 Å². The first-order chi connectivity index (χ1) is 16.4. The van der Waals surface area contributed by atoms with Crippen LogP contribution in [0.15, 0.2) is 36.4 Å². The third-order valence-electron chi connectivity index (χ3n) is 8.53. The lowest BCUT2D eigenvalue weighted by atomic mass is 9.74. The van der Waals surface area contributed by atoms with Gasteiger partial charge in [-0.1, -0.05) is 44.1 Å². The van der Waals surface area contributed by atoms with Crippen molar-refractivity contribution < 1.29 is 19.1 Å². The van der Waals surface area contributed by atoms with Gasteiger partial charge in [-0.25, -0.2) is 0 Å². The average Bonchev–Trinajstić information content (AvgIpc) is 3.40. The van der Waals surface area contributed by atoms with Crippen LogP contribution in [0.1, 0.15) is 51.0 Å². The Morgan fingerprint density at radius 2 is 1.91 bits per heavy atom. The molecule has 180 valence electrons. The van der Waals surface area contributed by atoms with Crippen molar-refractivity contribution in [1.29, 1.82) is 0 Å². The number of nitrogens with zero attached hydrogens (tertiary/aromatic N) is 1. The Morgan fingerprint density at radius 3 is 2.65 bits per heavy atom. The van der Waals surface area contributed by atoms with E-state index in [-0.39, 0.29) is 29.8 Å². The van der Waals surface area contributed by atoms with E-state index in [9.17, 15) is 14.4 Å². The smallest absolute Gasteiger partial charge is 0.246 e. The van der Waals surface area contributed by atoms with Gasteiger partial charge >= 0.3 is 0 Å². The molecule has 0 radical (unpaired) electrons. The highest BCUT2D eigenvalue weighted by Crippen LogP contribution is 2.57. The molecule has 0 unspecified atom stereocenters. The summed E-state index contributed by atoms with van der Waals surface area (Å²) < 4.78 is 6.41. The van der Waals surface area contributed by atoms with Crippen LogP contribution in [0.5, 0.6) is 0 Å². The van der Waals surface area contributed by atoms with E-state index in [4.69, 9.17) is 4.74 Å². The fourth-order valence-electron chi connectivity index (χ4n) is 6.69. The number of carbonyl (C=O) groups is 3. The second-order valence-corrected chi connectivity index (χ2v) is 10.9. The number of aryl methyl sites for hydroxylation is 1. The maximum Gasteiger partial charge on any atom is 0.246 e. The van der Waals surface area contributed by atoms with Crippen LogP contribution < -0.4 is 10.6 Å². The predicted molar refractivity (Wildman–Crippen MR) is 127 cm³/mol. The summed E-state index contributed by atoms with van der Waals surface area (Å²) >= 11 is 0. The molecule has 2 N–H and O–H groups in total. The molecule has 34 heavy (non-hydrogen) atoms. The van der Waals surface area contributed by atoms with E-state index in [0.717, 1.165) is 37.7 Å². The minimum atomic E-state index is -1.07. The number of likely N-dealkylation sites (tertiary alicyclic amines) is 1. The van der Waals surface area contributed by atoms with Crippen molar-refractivity contribution >= 4 is 23.4 Å². The molecule has 1 aromatic carbocycles. The number of benzene rings is 1. The molecule has 6 rings (SSSR count). The topological polar surface area (TPSA) is 87.7 Å². The summed E-state index contributed by atoms with van der Waals surface area (Å²) in [4.78, 5) is 42.7. The lowest BCUT2D eigenvalue weighted by Gasteiger charge is -2.36. The van der Waals surface area contributed by atoms with Gasteiger partial charge in [-0.3, -0.25) is 14.4 Å². The highest BCUT2D eigenvalue weighted by molar-refractivity contribution is 6.03. The quantitative estimate of drug-likeness (QED) is 0.658. The number of anilines is 1. The van der Waals surface area contributed by atoms with Gasteiger partial charge in [0.1, 0.15) is 11.6 Å². The van der Waals surface area contributed by atoms with Gasteiger partial charge in [-0.15, -0.1) is 0 Å². The molecule has 3 amide bonds. The number of rotatable bonds is 5.